The zero-order valence-corrected chi connectivity index (χ0v) is 16.2. The van der Waals surface area contributed by atoms with Crippen molar-refractivity contribution < 1.29 is 9.21 Å². The van der Waals surface area contributed by atoms with Gasteiger partial charge in [0, 0.05) is 4.88 Å². The maximum atomic E-state index is 13.0. The highest BCUT2D eigenvalue weighted by Crippen LogP contribution is 2.33. The normalized spacial score (nSPS) is 11.2. The molecule has 3 aromatic heterocycles. The SMILES string of the molecule is Cc1ccc2sc(N(Cc3ccco3)C(=O)Cc3cccs3)nc2c1C. The number of aromatic nitrogens is 1. The lowest BCUT2D eigenvalue weighted by molar-refractivity contribution is -0.118. The molecule has 0 aliphatic carbocycles. The van der Waals surface area contributed by atoms with Crippen molar-refractivity contribution in [3.63, 3.8) is 0 Å². The van der Waals surface area contributed by atoms with Crippen LogP contribution >= 0.6 is 22.7 Å². The fourth-order valence-corrected chi connectivity index (χ4v) is 4.55. The van der Waals surface area contributed by atoms with E-state index in [0.29, 0.717) is 18.1 Å². The Balaban J connectivity index is 1.72. The number of carbonyl (C=O) groups is 1. The summed E-state index contributed by atoms with van der Waals surface area (Å²) in [6.07, 6.45) is 2.00. The number of aryl methyl sites for hydroxylation is 2. The molecular formula is C20H18N2O2S2. The maximum Gasteiger partial charge on any atom is 0.234 e. The van der Waals surface area contributed by atoms with E-state index in [0.717, 1.165) is 26.4 Å². The second-order valence-electron chi connectivity index (χ2n) is 6.17. The molecule has 0 saturated carbocycles. The van der Waals surface area contributed by atoms with Crippen molar-refractivity contribution in [3.8, 4) is 0 Å². The fraction of sp³-hybridized carbons (Fsp3) is 0.200. The highest BCUT2D eigenvalue weighted by Gasteiger charge is 2.22. The first kappa shape index (κ1) is 17.0. The smallest absolute Gasteiger partial charge is 0.234 e. The van der Waals surface area contributed by atoms with Crippen LogP contribution in [0.25, 0.3) is 10.2 Å². The van der Waals surface area contributed by atoms with Crippen LogP contribution in [0, 0.1) is 13.8 Å². The Morgan fingerprint density at radius 2 is 2.08 bits per heavy atom. The van der Waals surface area contributed by atoms with Gasteiger partial charge in [0.1, 0.15) is 5.76 Å². The zero-order chi connectivity index (χ0) is 18.1. The number of amides is 1. The van der Waals surface area contributed by atoms with Crippen molar-refractivity contribution in [1.29, 1.82) is 0 Å². The molecule has 1 amide bonds. The third-order valence-electron chi connectivity index (χ3n) is 4.41. The number of fused-ring (bicyclic) bond motifs is 1. The van der Waals surface area contributed by atoms with Gasteiger partial charge in [-0.25, -0.2) is 4.98 Å². The molecule has 0 unspecified atom stereocenters. The van der Waals surface area contributed by atoms with Crippen molar-refractivity contribution in [3.05, 3.63) is 69.8 Å². The van der Waals surface area contributed by atoms with Gasteiger partial charge in [-0.2, -0.15) is 0 Å². The molecule has 132 valence electrons. The van der Waals surface area contributed by atoms with E-state index in [9.17, 15) is 4.79 Å². The molecule has 0 radical (unpaired) electrons. The number of carbonyl (C=O) groups excluding carboxylic acids is 1. The van der Waals surface area contributed by atoms with E-state index in [1.807, 2.05) is 29.6 Å². The molecule has 4 rings (SSSR count). The second kappa shape index (κ2) is 7.05. The highest BCUT2D eigenvalue weighted by atomic mass is 32.1. The van der Waals surface area contributed by atoms with Crippen LogP contribution in [-0.4, -0.2) is 10.9 Å². The lowest BCUT2D eigenvalue weighted by atomic mass is 10.1. The summed E-state index contributed by atoms with van der Waals surface area (Å²) in [5, 5.41) is 2.70. The van der Waals surface area contributed by atoms with Gasteiger partial charge in [-0.1, -0.05) is 23.5 Å². The lowest BCUT2D eigenvalue weighted by Crippen LogP contribution is -2.31. The third kappa shape index (κ3) is 3.30. The average molecular weight is 383 g/mol. The van der Waals surface area contributed by atoms with Crippen molar-refractivity contribution in [1.82, 2.24) is 4.98 Å². The molecule has 0 aliphatic heterocycles. The Bertz CT molecular complexity index is 1030. The summed E-state index contributed by atoms with van der Waals surface area (Å²) >= 11 is 3.14. The molecule has 0 aliphatic rings. The minimum atomic E-state index is 0.0253. The monoisotopic (exact) mass is 382 g/mol. The number of rotatable bonds is 5. The number of benzene rings is 1. The first-order valence-electron chi connectivity index (χ1n) is 8.33. The Hall–Kier alpha value is -2.44. The molecule has 0 fully saturated rings. The average Bonchev–Trinajstić information content (AvgIpc) is 3.37. The van der Waals surface area contributed by atoms with Gasteiger partial charge < -0.3 is 4.42 Å². The van der Waals surface area contributed by atoms with Crippen LogP contribution in [0.2, 0.25) is 0 Å². The van der Waals surface area contributed by atoms with E-state index in [4.69, 9.17) is 9.40 Å². The number of thiophene rings is 1. The first-order valence-corrected chi connectivity index (χ1v) is 10.0. The molecule has 0 spiro atoms. The van der Waals surface area contributed by atoms with E-state index in [1.54, 1.807) is 33.8 Å². The predicted octanol–water partition coefficient (Wildman–Crippen LogP) is 5.34. The predicted molar refractivity (Wildman–Crippen MR) is 107 cm³/mol. The lowest BCUT2D eigenvalue weighted by Gasteiger charge is -2.18. The molecule has 4 aromatic rings. The molecule has 0 N–H and O–H groups in total. The Morgan fingerprint density at radius 3 is 2.81 bits per heavy atom. The van der Waals surface area contributed by atoms with Gasteiger partial charge in [-0.3, -0.25) is 9.69 Å². The van der Waals surface area contributed by atoms with E-state index < -0.39 is 0 Å². The molecule has 1 aromatic carbocycles. The number of anilines is 1. The van der Waals surface area contributed by atoms with Gasteiger partial charge in [0.15, 0.2) is 5.13 Å². The molecule has 0 bridgehead atoms. The minimum Gasteiger partial charge on any atom is -0.467 e. The van der Waals surface area contributed by atoms with Crippen LogP contribution in [0.3, 0.4) is 0 Å². The molecule has 3 heterocycles. The highest BCUT2D eigenvalue weighted by molar-refractivity contribution is 7.22. The van der Waals surface area contributed by atoms with Crippen LogP contribution in [0.15, 0.2) is 52.5 Å². The number of hydrogen-bond donors (Lipinski definition) is 0. The standard InChI is InChI=1S/C20H18N2O2S2/c1-13-7-8-17-19(14(13)2)21-20(26-17)22(12-15-5-3-9-24-15)18(23)11-16-6-4-10-25-16/h3-10H,11-12H2,1-2H3. The molecule has 0 atom stereocenters. The van der Waals surface area contributed by atoms with E-state index >= 15 is 0 Å². The Morgan fingerprint density at radius 1 is 1.19 bits per heavy atom. The van der Waals surface area contributed by atoms with Crippen molar-refractivity contribution in [2.45, 2.75) is 26.8 Å². The fourth-order valence-electron chi connectivity index (χ4n) is 2.81. The summed E-state index contributed by atoms with van der Waals surface area (Å²) in [6.45, 7) is 4.54. The van der Waals surface area contributed by atoms with Gasteiger partial charge >= 0.3 is 0 Å². The van der Waals surface area contributed by atoms with Crippen LogP contribution in [0.1, 0.15) is 21.8 Å². The summed E-state index contributed by atoms with van der Waals surface area (Å²) in [6, 6.07) is 11.8. The summed E-state index contributed by atoms with van der Waals surface area (Å²) in [4.78, 5) is 20.6. The number of hydrogen-bond acceptors (Lipinski definition) is 5. The third-order valence-corrected chi connectivity index (χ3v) is 6.33. The van der Waals surface area contributed by atoms with Gasteiger partial charge in [0.05, 0.1) is 29.4 Å². The van der Waals surface area contributed by atoms with Crippen molar-refractivity contribution in [2.75, 3.05) is 4.90 Å². The van der Waals surface area contributed by atoms with Crippen molar-refractivity contribution >= 4 is 43.9 Å². The van der Waals surface area contributed by atoms with Gasteiger partial charge in [-0.05, 0) is 54.6 Å². The Labute approximate surface area is 159 Å². The topological polar surface area (TPSA) is 46.3 Å². The van der Waals surface area contributed by atoms with E-state index in [2.05, 4.69) is 26.0 Å². The number of furan rings is 1. The molecular weight excluding hydrogens is 364 g/mol. The quantitative estimate of drug-likeness (QED) is 0.468. The van der Waals surface area contributed by atoms with Crippen LogP contribution in [0.5, 0.6) is 0 Å². The second-order valence-corrected chi connectivity index (χ2v) is 8.21. The van der Waals surface area contributed by atoms with Gasteiger partial charge in [-0.15, -0.1) is 11.3 Å². The summed E-state index contributed by atoms with van der Waals surface area (Å²) in [5.74, 6) is 0.772. The van der Waals surface area contributed by atoms with Gasteiger partial charge in [0.2, 0.25) is 5.91 Å². The van der Waals surface area contributed by atoms with Crippen LogP contribution < -0.4 is 4.90 Å². The largest absolute Gasteiger partial charge is 0.467 e. The summed E-state index contributed by atoms with van der Waals surface area (Å²) in [7, 11) is 0. The molecule has 26 heavy (non-hydrogen) atoms. The van der Waals surface area contributed by atoms with Crippen molar-refractivity contribution in [2.24, 2.45) is 0 Å². The number of nitrogens with zero attached hydrogens (tertiary/aromatic N) is 2. The first-order chi connectivity index (χ1) is 12.6. The summed E-state index contributed by atoms with van der Waals surface area (Å²) in [5.41, 5.74) is 3.34. The molecule has 6 heteroatoms. The Kier molecular flexibility index (Phi) is 4.61. The molecule has 4 nitrogen and oxygen atoms in total. The van der Waals surface area contributed by atoms with Gasteiger partial charge in [0.25, 0.3) is 0 Å². The number of thiazole rings is 1. The summed E-state index contributed by atoms with van der Waals surface area (Å²) < 4.78 is 6.57. The maximum absolute atomic E-state index is 13.0. The van der Waals surface area contributed by atoms with Crippen LogP contribution in [0.4, 0.5) is 5.13 Å². The van der Waals surface area contributed by atoms with E-state index in [1.165, 1.54) is 5.56 Å². The molecule has 0 saturated heterocycles. The van der Waals surface area contributed by atoms with Crippen LogP contribution in [-0.2, 0) is 17.8 Å². The minimum absolute atomic E-state index is 0.0253. The zero-order valence-electron chi connectivity index (χ0n) is 14.6. The van der Waals surface area contributed by atoms with E-state index in [-0.39, 0.29) is 5.91 Å².